The van der Waals surface area contributed by atoms with Crippen LogP contribution in [0.15, 0.2) is 70.2 Å². The maximum Gasteiger partial charge on any atom is 1.00 e. The third kappa shape index (κ3) is 8.38. The molecule has 5 rings (SSSR count). The summed E-state index contributed by atoms with van der Waals surface area (Å²) < 4.78 is 0.697. The quantitative estimate of drug-likeness (QED) is 0.148. The van der Waals surface area contributed by atoms with Gasteiger partial charge in [-0.15, -0.1) is 22.0 Å². The number of nitrogens with zero attached hydrogens (tertiary/aromatic N) is 4. The van der Waals surface area contributed by atoms with Gasteiger partial charge in [0.15, 0.2) is 4.34 Å². The van der Waals surface area contributed by atoms with Crippen molar-refractivity contribution in [1.82, 2.24) is 25.3 Å². The number of urea groups is 1. The molecule has 3 aromatic rings. The summed E-state index contributed by atoms with van der Waals surface area (Å²) >= 11 is 4.10. The number of carbonyl (C=O) groups is 5. The van der Waals surface area contributed by atoms with Gasteiger partial charge in [0.05, 0.1) is 18.1 Å². The van der Waals surface area contributed by atoms with Crippen molar-refractivity contribution in [3.63, 3.8) is 0 Å². The van der Waals surface area contributed by atoms with Crippen molar-refractivity contribution in [1.29, 1.82) is 0 Å². The van der Waals surface area contributed by atoms with Crippen LogP contribution in [-0.4, -0.2) is 79.7 Å². The number of benzene rings is 2. The van der Waals surface area contributed by atoms with Crippen LogP contribution in [0.2, 0.25) is 0 Å². The van der Waals surface area contributed by atoms with Crippen molar-refractivity contribution in [2.24, 2.45) is 0 Å². The summed E-state index contributed by atoms with van der Waals surface area (Å²) in [6.45, 7) is 1.83. The largest absolute Gasteiger partial charge is 1.00 e. The van der Waals surface area contributed by atoms with Crippen molar-refractivity contribution in [2.75, 3.05) is 23.9 Å². The number of aromatic nitrogens is 2. The van der Waals surface area contributed by atoms with Gasteiger partial charge in [0.25, 0.3) is 5.91 Å². The molecule has 12 nitrogen and oxygen atoms in total. The summed E-state index contributed by atoms with van der Waals surface area (Å²) in [7, 11) is 1.39. The fraction of sp³-hybridized carbons (Fsp3) is 0.300. The Hall–Kier alpha value is -3.21. The first kappa shape index (κ1) is 35.6. The number of carbonyl (C=O) groups excluding carboxylic acids is 5. The number of nitrogens with one attached hydrogen (secondary N) is 2. The molecule has 3 heterocycles. The molecule has 1 aromatic heterocycles. The van der Waals surface area contributed by atoms with Gasteiger partial charge in [0, 0.05) is 30.7 Å². The molecule has 46 heavy (non-hydrogen) atoms. The number of hydrogen-bond acceptors (Lipinski definition) is 11. The van der Waals surface area contributed by atoms with Crippen molar-refractivity contribution in [3.05, 3.63) is 82.0 Å². The van der Waals surface area contributed by atoms with Crippen LogP contribution in [0.3, 0.4) is 0 Å². The molecule has 5 amide bonds. The van der Waals surface area contributed by atoms with Gasteiger partial charge in [-0.2, -0.15) is 0 Å². The molecule has 0 bridgehead atoms. The number of carboxylic acid groups (broad SMARTS) is 1. The molecule has 2 aliphatic heterocycles. The van der Waals surface area contributed by atoms with Gasteiger partial charge in [-0.25, -0.2) is 4.79 Å². The van der Waals surface area contributed by atoms with E-state index in [1.807, 2.05) is 37.3 Å². The van der Waals surface area contributed by atoms with Gasteiger partial charge in [0.2, 0.25) is 11.8 Å². The van der Waals surface area contributed by atoms with Crippen molar-refractivity contribution in [2.45, 2.75) is 41.9 Å². The fourth-order valence-corrected chi connectivity index (χ4v) is 8.14. The van der Waals surface area contributed by atoms with Gasteiger partial charge in [-0.05, 0) is 36.1 Å². The summed E-state index contributed by atoms with van der Waals surface area (Å²) in [4.78, 5) is 65.8. The van der Waals surface area contributed by atoms with Crippen molar-refractivity contribution >= 4 is 70.3 Å². The minimum absolute atomic E-state index is 0. The predicted octanol–water partition coefficient (Wildman–Crippen LogP) is -0.788. The molecule has 0 saturated carbocycles. The second-order valence-corrected chi connectivity index (χ2v) is 13.8. The van der Waals surface area contributed by atoms with E-state index in [-0.39, 0.29) is 54.0 Å². The predicted molar refractivity (Wildman–Crippen MR) is 169 cm³/mol. The number of fused-ring (bicyclic) bond motifs is 1. The monoisotopic (exact) mass is 688 g/mol. The molecule has 1 saturated heterocycles. The maximum absolute atomic E-state index is 13.1. The van der Waals surface area contributed by atoms with E-state index in [4.69, 9.17) is 0 Å². The molecule has 1 fully saturated rings. The molecule has 2 atom stereocenters. The number of amides is 5. The number of aliphatic carboxylic acids is 1. The van der Waals surface area contributed by atoms with Crippen molar-refractivity contribution in [3.8, 4) is 0 Å². The minimum Gasteiger partial charge on any atom is -0.543 e. The number of carboxylic acids is 1. The molecular formula is C30H29N6NaO6S3. The van der Waals surface area contributed by atoms with Crippen molar-refractivity contribution < 1.29 is 58.6 Å². The Morgan fingerprint density at radius 2 is 1.80 bits per heavy atom. The Balaban J connectivity index is 0.00000480. The van der Waals surface area contributed by atoms with E-state index in [0.717, 1.165) is 15.5 Å². The van der Waals surface area contributed by atoms with E-state index in [2.05, 4.69) is 20.8 Å². The fourth-order valence-electron chi connectivity index (χ4n) is 4.84. The zero-order chi connectivity index (χ0) is 32.1. The number of aryl methyl sites for hydroxylation is 2. The summed E-state index contributed by atoms with van der Waals surface area (Å²) in [5.74, 6) is -2.15. The normalized spacial score (nSPS) is 16.9. The Labute approximate surface area is 300 Å². The van der Waals surface area contributed by atoms with E-state index in [1.165, 1.54) is 46.8 Å². The van der Waals surface area contributed by atoms with Crippen LogP contribution >= 0.6 is 34.9 Å². The van der Waals surface area contributed by atoms with E-state index in [9.17, 15) is 29.1 Å². The topological polar surface area (TPSA) is 165 Å². The van der Waals surface area contributed by atoms with Crippen LogP contribution in [0.25, 0.3) is 0 Å². The molecule has 234 valence electrons. The number of hydrogen-bond donors (Lipinski definition) is 2. The Morgan fingerprint density at radius 1 is 1.09 bits per heavy atom. The van der Waals surface area contributed by atoms with Crippen LogP contribution in [0.1, 0.15) is 22.6 Å². The minimum atomic E-state index is -1.45. The molecular weight excluding hydrogens is 660 g/mol. The first-order chi connectivity index (χ1) is 21.6. The molecule has 16 heteroatoms. The van der Waals surface area contributed by atoms with Crippen LogP contribution in [0.5, 0.6) is 0 Å². The molecule has 2 N–H and O–H groups in total. The molecule has 0 aliphatic carbocycles. The Kier molecular flexibility index (Phi) is 12.4. The summed E-state index contributed by atoms with van der Waals surface area (Å²) in [5, 5.41) is 25.7. The smallest absolute Gasteiger partial charge is 0.543 e. The SMILES string of the molecule is Cc1nnc(SCC2=C(C(=O)[O-])N3C(=O)C(NC(=O)Cc4ccccc4NC(=O)N(C)C(=O)CCc4ccccc4)[C@H]3SC2)s1.[Na+]. The molecule has 2 aromatic carbocycles. The zero-order valence-electron chi connectivity index (χ0n) is 25.3. The number of para-hydroxylation sites is 1. The van der Waals surface area contributed by atoms with Gasteiger partial charge in [-0.1, -0.05) is 71.6 Å². The molecule has 0 spiro atoms. The third-order valence-corrected chi connectivity index (χ3v) is 10.6. The Bertz CT molecular complexity index is 1670. The van der Waals surface area contributed by atoms with E-state index in [0.29, 0.717) is 39.1 Å². The second kappa shape index (κ2) is 16.1. The molecule has 1 unspecified atom stereocenters. The average Bonchev–Trinajstić information content (AvgIpc) is 3.46. The van der Waals surface area contributed by atoms with E-state index >= 15 is 0 Å². The zero-order valence-corrected chi connectivity index (χ0v) is 29.8. The van der Waals surface area contributed by atoms with Crippen LogP contribution in [0, 0.1) is 6.92 Å². The summed E-state index contributed by atoms with van der Waals surface area (Å²) in [6, 6.07) is 14.6. The average molecular weight is 689 g/mol. The van der Waals surface area contributed by atoms with E-state index in [1.54, 1.807) is 24.3 Å². The van der Waals surface area contributed by atoms with Gasteiger partial charge in [-0.3, -0.25) is 24.2 Å². The van der Waals surface area contributed by atoms with Gasteiger partial charge in [0.1, 0.15) is 16.4 Å². The van der Waals surface area contributed by atoms with Gasteiger partial charge >= 0.3 is 35.6 Å². The summed E-state index contributed by atoms with van der Waals surface area (Å²) in [5.41, 5.74) is 2.19. The van der Waals surface area contributed by atoms with Gasteiger partial charge < -0.3 is 20.5 Å². The summed E-state index contributed by atoms with van der Waals surface area (Å²) in [6.07, 6.45) is 0.493. The number of rotatable bonds is 11. The molecule has 2 aliphatic rings. The Morgan fingerprint density at radius 3 is 2.50 bits per heavy atom. The number of thioether (sulfide) groups is 2. The van der Waals surface area contributed by atoms with Crippen LogP contribution in [-0.2, 0) is 32.0 Å². The molecule has 0 radical (unpaired) electrons. The van der Waals surface area contributed by atoms with Crippen LogP contribution in [0.4, 0.5) is 10.5 Å². The number of anilines is 1. The third-order valence-electron chi connectivity index (χ3n) is 7.19. The standard InChI is InChI=1S/C30H30N6O6S3.Na/c1-17-33-34-30(45-17)44-16-20-15-43-27-24(26(39)36(27)25(20)28(40)41)32-22(37)14-19-10-6-7-11-21(19)31-29(42)35(2)23(38)13-12-18-8-4-3-5-9-18;/h3-11,24,27H,12-16H2,1-2H3,(H,31,42)(H,32,37)(H,40,41);/q;+1/p-1/t24?,27-;/m1./s1. The van der Waals surface area contributed by atoms with Crippen LogP contribution < -0.4 is 45.3 Å². The van der Waals surface area contributed by atoms with E-state index < -0.39 is 35.2 Å². The first-order valence-corrected chi connectivity index (χ1v) is 16.8. The first-order valence-electron chi connectivity index (χ1n) is 13.9. The maximum atomic E-state index is 13.1. The second-order valence-electron chi connectivity index (χ2n) is 10.3. The number of imide groups is 1. The number of β-lactam (4-membered cyclic amide) rings is 1.